The lowest BCUT2D eigenvalue weighted by Crippen LogP contribution is -2.49. The van der Waals surface area contributed by atoms with Gasteiger partial charge in [0.15, 0.2) is 0 Å². The maximum atomic E-state index is 11.5. The lowest BCUT2D eigenvalue weighted by molar-refractivity contribution is -0.124. The van der Waals surface area contributed by atoms with Gasteiger partial charge in [-0.3, -0.25) is 15.0 Å². The second-order valence-corrected chi connectivity index (χ2v) is 3.65. The van der Waals surface area contributed by atoms with Crippen molar-refractivity contribution in [1.82, 2.24) is 10.2 Å². The van der Waals surface area contributed by atoms with E-state index >= 15 is 0 Å². The molecule has 6 heteroatoms. The van der Waals surface area contributed by atoms with E-state index in [1.165, 1.54) is 0 Å². The van der Waals surface area contributed by atoms with Crippen LogP contribution in [0.25, 0.3) is 0 Å². The molecule has 16 heavy (non-hydrogen) atoms. The molecule has 0 aromatic heterocycles. The van der Waals surface area contributed by atoms with Crippen molar-refractivity contribution in [2.24, 2.45) is 11.7 Å². The van der Waals surface area contributed by atoms with Crippen LogP contribution in [0.3, 0.4) is 0 Å². The van der Waals surface area contributed by atoms with E-state index in [2.05, 4.69) is 6.07 Å². The Hall–Kier alpha value is -1.61. The Bertz CT molecular complexity index is 298. The molecule has 0 fully saturated rings. The van der Waals surface area contributed by atoms with Gasteiger partial charge in [-0.15, -0.1) is 0 Å². The van der Waals surface area contributed by atoms with Gasteiger partial charge in [0.05, 0.1) is 18.0 Å². The van der Waals surface area contributed by atoms with Crippen molar-refractivity contribution in [3.05, 3.63) is 0 Å². The highest BCUT2D eigenvalue weighted by atomic mass is 16.2. The van der Waals surface area contributed by atoms with Gasteiger partial charge in [0.2, 0.25) is 5.91 Å². The van der Waals surface area contributed by atoms with Crippen molar-refractivity contribution in [3.63, 3.8) is 0 Å². The average Bonchev–Trinajstić information content (AvgIpc) is 2.23. The van der Waals surface area contributed by atoms with Crippen LogP contribution in [-0.2, 0) is 4.79 Å². The first-order valence-corrected chi connectivity index (χ1v) is 5.16. The van der Waals surface area contributed by atoms with E-state index in [4.69, 9.17) is 11.0 Å². The van der Waals surface area contributed by atoms with Gasteiger partial charge in [0.25, 0.3) is 0 Å². The Morgan fingerprint density at radius 2 is 2.06 bits per heavy atom. The van der Waals surface area contributed by atoms with Crippen LogP contribution in [0.1, 0.15) is 20.8 Å². The molecule has 3 amide bonds. The lowest BCUT2D eigenvalue weighted by atomic mass is 10.1. The number of carbonyl (C=O) groups excluding carboxylic acids is 2. The Morgan fingerprint density at radius 3 is 2.44 bits per heavy atom. The minimum absolute atomic E-state index is 0.163. The summed E-state index contributed by atoms with van der Waals surface area (Å²) in [7, 11) is 0. The van der Waals surface area contributed by atoms with Crippen molar-refractivity contribution in [3.8, 4) is 6.07 Å². The molecule has 0 heterocycles. The van der Waals surface area contributed by atoms with Gasteiger partial charge in [0, 0.05) is 6.54 Å². The highest BCUT2D eigenvalue weighted by Gasteiger charge is 2.22. The highest BCUT2D eigenvalue weighted by Crippen LogP contribution is 2.04. The zero-order valence-electron chi connectivity index (χ0n) is 9.86. The van der Waals surface area contributed by atoms with Gasteiger partial charge in [-0.2, -0.15) is 5.26 Å². The van der Waals surface area contributed by atoms with E-state index in [0.29, 0.717) is 13.1 Å². The molecule has 0 aliphatic rings. The molecule has 0 aromatic carbocycles. The lowest BCUT2D eigenvalue weighted by Gasteiger charge is -2.27. The maximum Gasteiger partial charge on any atom is 0.318 e. The highest BCUT2D eigenvalue weighted by molar-refractivity contribution is 5.96. The number of imide groups is 1. The topological polar surface area (TPSA) is 99.2 Å². The van der Waals surface area contributed by atoms with E-state index in [1.54, 1.807) is 13.8 Å². The van der Waals surface area contributed by atoms with E-state index in [9.17, 15) is 9.59 Å². The number of urea groups is 1. The second-order valence-electron chi connectivity index (χ2n) is 3.65. The molecule has 0 radical (unpaired) electrons. The minimum atomic E-state index is -0.860. The molecule has 3 N–H and O–H groups in total. The summed E-state index contributed by atoms with van der Waals surface area (Å²) in [5, 5.41) is 10.7. The van der Waals surface area contributed by atoms with Gasteiger partial charge in [-0.05, 0) is 20.4 Å². The van der Waals surface area contributed by atoms with Crippen LogP contribution in [-0.4, -0.2) is 36.0 Å². The Kier molecular flexibility index (Phi) is 6.11. The summed E-state index contributed by atoms with van der Waals surface area (Å²) in [6.07, 6.45) is 0. The third-order valence-corrected chi connectivity index (χ3v) is 2.31. The first-order valence-electron chi connectivity index (χ1n) is 5.16. The number of likely N-dealkylation sites (N-methyl/N-ethyl adjacent to an activating group) is 1. The quantitative estimate of drug-likeness (QED) is 0.692. The van der Waals surface area contributed by atoms with E-state index in [0.717, 1.165) is 0 Å². The van der Waals surface area contributed by atoms with E-state index in [1.807, 2.05) is 17.1 Å². The Labute approximate surface area is 95.4 Å². The third kappa shape index (κ3) is 4.75. The van der Waals surface area contributed by atoms with Gasteiger partial charge < -0.3 is 5.73 Å². The summed E-state index contributed by atoms with van der Waals surface area (Å²) in [6, 6.07) is 0.761. The zero-order chi connectivity index (χ0) is 12.7. The Morgan fingerprint density at radius 1 is 1.50 bits per heavy atom. The first-order chi connectivity index (χ1) is 7.42. The monoisotopic (exact) mass is 226 g/mol. The summed E-state index contributed by atoms with van der Waals surface area (Å²) in [6.45, 7) is 6.45. The zero-order valence-corrected chi connectivity index (χ0v) is 9.86. The number of nitrogens with one attached hydrogen (secondary N) is 1. The number of nitrogens with two attached hydrogens (primary N) is 1. The molecule has 0 aromatic rings. The van der Waals surface area contributed by atoms with Crippen LogP contribution < -0.4 is 11.1 Å². The van der Waals surface area contributed by atoms with Crippen molar-refractivity contribution in [2.75, 3.05) is 13.1 Å². The molecule has 2 unspecified atom stereocenters. The summed E-state index contributed by atoms with van der Waals surface area (Å²) in [4.78, 5) is 23.8. The van der Waals surface area contributed by atoms with E-state index in [-0.39, 0.29) is 5.92 Å². The summed E-state index contributed by atoms with van der Waals surface area (Å²) in [5.41, 5.74) is 4.86. The van der Waals surface area contributed by atoms with Crippen molar-refractivity contribution in [1.29, 1.82) is 5.26 Å². The number of primary amides is 1. The van der Waals surface area contributed by atoms with Crippen LogP contribution in [0.2, 0.25) is 0 Å². The smallest absolute Gasteiger partial charge is 0.318 e. The molecule has 0 saturated carbocycles. The maximum absolute atomic E-state index is 11.5. The van der Waals surface area contributed by atoms with Crippen molar-refractivity contribution >= 4 is 11.9 Å². The minimum Gasteiger partial charge on any atom is -0.351 e. The van der Waals surface area contributed by atoms with Gasteiger partial charge in [-0.1, -0.05) is 6.92 Å². The second kappa shape index (κ2) is 6.80. The fraction of sp³-hybridized carbons (Fsp3) is 0.700. The average molecular weight is 226 g/mol. The van der Waals surface area contributed by atoms with Gasteiger partial charge in [0.1, 0.15) is 0 Å². The number of amides is 3. The number of nitrogens with zero attached hydrogens (tertiary/aromatic N) is 2. The fourth-order valence-electron chi connectivity index (χ4n) is 1.35. The van der Waals surface area contributed by atoms with Crippen LogP contribution in [0.5, 0.6) is 0 Å². The van der Waals surface area contributed by atoms with E-state index < -0.39 is 18.0 Å². The van der Waals surface area contributed by atoms with Crippen LogP contribution >= 0.6 is 0 Å². The number of nitriles is 1. The standard InChI is InChI=1S/C10H18N4O2/c1-4-14(6-7(2)5-11)8(3)9(15)13-10(12)16/h7-8H,4,6H2,1-3H3,(H3,12,13,15,16). The van der Waals surface area contributed by atoms with Crippen LogP contribution in [0.15, 0.2) is 0 Å². The normalized spacial score (nSPS) is 13.9. The molecular formula is C10H18N4O2. The molecule has 0 aliphatic heterocycles. The molecule has 0 saturated heterocycles. The summed E-state index contributed by atoms with van der Waals surface area (Å²) in [5.74, 6) is -0.608. The van der Waals surface area contributed by atoms with Crippen LogP contribution in [0, 0.1) is 17.2 Å². The molecule has 0 spiro atoms. The largest absolute Gasteiger partial charge is 0.351 e. The number of carbonyl (C=O) groups is 2. The number of rotatable bonds is 5. The predicted octanol–water partition coefficient (Wildman–Crippen LogP) is 0.0514. The molecule has 2 atom stereocenters. The molecule has 0 bridgehead atoms. The predicted molar refractivity (Wildman–Crippen MR) is 59.2 cm³/mol. The van der Waals surface area contributed by atoms with Crippen LogP contribution in [0.4, 0.5) is 4.79 Å². The Balaban J connectivity index is 4.41. The molecular weight excluding hydrogens is 208 g/mol. The number of hydrogen-bond acceptors (Lipinski definition) is 4. The first kappa shape index (κ1) is 14.4. The van der Waals surface area contributed by atoms with Crippen molar-refractivity contribution < 1.29 is 9.59 Å². The van der Waals surface area contributed by atoms with Crippen molar-refractivity contribution in [2.45, 2.75) is 26.8 Å². The molecule has 0 rings (SSSR count). The van der Waals surface area contributed by atoms with Gasteiger partial charge in [-0.25, -0.2) is 4.79 Å². The molecule has 0 aliphatic carbocycles. The summed E-state index contributed by atoms with van der Waals surface area (Å²) < 4.78 is 0. The third-order valence-electron chi connectivity index (χ3n) is 2.31. The summed E-state index contributed by atoms with van der Waals surface area (Å²) >= 11 is 0. The SMILES string of the molecule is CCN(CC(C)C#N)C(C)C(=O)NC(N)=O. The fourth-order valence-corrected chi connectivity index (χ4v) is 1.35. The molecule has 90 valence electrons. The molecule has 6 nitrogen and oxygen atoms in total. The van der Waals surface area contributed by atoms with Gasteiger partial charge >= 0.3 is 6.03 Å². The number of hydrogen-bond donors (Lipinski definition) is 2.